The van der Waals surface area contributed by atoms with Crippen LogP contribution in [-0.4, -0.2) is 15.2 Å². The van der Waals surface area contributed by atoms with E-state index >= 15 is 0 Å². The topological polar surface area (TPSA) is 67.6 Å². The summed E-state index contributed by atoms with van der Waals surface area (Å²) in [4.78, 5) is 4.35. The van der Waals surface area contributed by atoms with E-state index in [1.165, 1.54) is 0 Å². The second-order valence-corrected chi connectivity index (χ2v) is 5.25. The Kier molecular flexibility index (Phi) is 3.73. The zero-order chi connectivity index (χ0) is 14.8. The van der Waals surface area contributed by atoms with Crippen molar-refractivity contribution in [2.75, 3.05) is 0 Å². The molecular formula is C16H15ClN4. The average Bonchev–Trinajstić information content (AvgIpc) is 2.89. The smallest absolute Gasteiger partial charge is 0.0732 e. The molecule has 0 amide bonds. The molecule has 3 N–H and O–H groups in total. The summed E-state index contributed by atoms with van der Waals surface area (Å²) in [6, 6.07) is 11.6. The van der Waals surface area contributed by atoms with Crippen LogP contribution in [0.25, 0.3) is 22.4 Å². The van der Waals surface area contributed by atoms with E-state index in [4.69, 9.17) is 17.3 Å². The van der Waals surface area contributed by atoms with Crippen LogP contribution >= 0.6 is 11.6 Å². The van der Waals surface area contributed by atoms with Gasteiger partial charge in [0.25, 0.3) is 0 Å². The summed E-state index contributed by atoms with van der Waals surface area (Å²) in [5.41, 5.74) is 11.4. The van der Waals surface area contributed by atoms with Crippen molar-refractivity contribution in [3.8, 4) is 22.4 Å². The van der Waals surface area contributed by atoms with Crippen molar-refractivity contribution < 1.29 is 0 Å². The molecule has 0 bridgehead atoms. The maximum atomic E-state index is 6.08. The Morgan fingerprint density at radius 1 is 1.19 bits per heavy atom. The lowest BCUT2D eigenvalue weighted by Gasteiger charge is -2.06. The molecule has 0 aliphatic heterocycles. The number of pyridine rings is 1. The minimum absolute atomic E-state index is 0.436. The molecule has 0 unspecified atom stereocenters. The number of aromatic amines is 1. The number of benzene rings is 1. The van der Waals surface area contributed by atoms with E-state index in [9.17, 15) is 0 Å². The monoisotopic (exact) mass is 298 g/mol. The fourth-order valence-electron chi connectivity index (χ4n) is 2.33. The number of aromatic nitrogens is 3. The Bertz CT molecular complexity index is 762. The molecule has 0 spiro atoms. The molecule has 3 aromatic rings. The first kappa shape index (κ1) is 13.8. The predicted octanol–water partition coefficient (Wildman–Crippen LogP) is 3.56. The van der Waals surface area contributed by atoms with Gasteiger partial charge in [0.15, 0.2) is 0 Å². The normalized spacial score (nSPS) is 10.8. The molecule has 0 saturated carbocycles. The molecule has 4 nitrogen and oxygen atoms in total. The standard InChI is InChI=1S/C16H15ClN4/c1-10-15(12-5-6-14(8-18)19-9-12)16(21-20-10)11-3-2-4-13(17)7-11/h2-7,9H,8,18H2,1H3,(H,20,21). The van der Waals surface area contributed by atoms with E-state index in [0.717, 1.165) is 33.8 Å². The number of aryl methyl sites for hydroxylation is 1. The molecule has 0 fully saturated rings. The number of hydrogen-bond acceptors (Lipinski definition) is 3. The van der Waals surface area contributed by atoms with E-state index < -0.39 is 0 Å². The lowest BCUT2D eigenvalue weighted by Crippen LogP contribution is -1.98. The average molecular weight is 299 g/mol. The Morgan fingerprint density at radius 3 is 2.71 bits per heavy atom. The molecular weight excluding hydrogens is 284 g/mol. The van der Waals surface area contributed by atoms with Gasteiger partial charge in [-0.3, -0.25) is 10.1 Å². The van der Waals surface area contributed by atoms with E-state index in [0.29, 0.717) is 11.6 Å². The van der Waals surface area contributed by atoms with Gasteiger partial charge in [-0.05, 0) is 25.1 Å². The predicted molar refractivity (Wildman–Crippen MR) is 84.9 cm³/mol. The molecule has 1 aromatic carbocycles. The van der Waals surface area contributed by atoms with Gasteiger partial charge in [0.2, 0.25) is 0 Å². The summed E-state index contributed by atoms with van der Waals surface area (Å²) in [5.74, 6) is 0. The third-order valence-electron chi connectivity index (χ3n) is 3.38. The number of nitrogens with one attached hydrogen (secondary N) is 1. The molecule has 5 heteroatoms. The summed E-state index contributed by atoms with van der Waals surface area (Å²) in [6.45, 7) is 2.41. The maximum Gasteiger partial charge on any atom is 0.0732 e. The summed E-state index contributed by atoms with van der Waals surface area (Å²) >= 11 is 6.08. The first-order valence-electron chi connectivity index (χ1n) is 6.65. The maximum absolute atomic E-state index is 6.08. The van der Waals surface area contributed by atoms with Gasteiger partial charge < -0.3 is 5.73 Å². The number of H-pyrrole nitrogens is 1. The van der Waals surface area contributed by atoms with Crippen LogP contribution in [-0.2, 0) is 6.54 Å². The number of nitrogens with zero attached hydrogens (tertiary/aromatic N) is 2. The van der Waals surface area contributed by atoms with E-state index in [1.807, 2.05) is 49.5 Å². The van der Waals surface area contributed by atoms with Crippen molar-refractivity contribution in [1.29, 1.82) is 0 Å². The quantitative estimate of drug-likeness (QED) is 0.777. The van der Waals surface area contributed by atoms with Crippen LogP contribution in [0.2, 0.25) is 5.02 Å². The van der Waals surface area contributed by atoms with E-state index in [1.54, 1.807) is 0 Å². The zero-order valence-corrected chi connectivity index (χ0v) is 12.4. The van der Waals surface area contributed by atoms with Gasteiger partial charge in [0.1, 0.15) is 0 Å². The lowest BCUT2D eigenvalue weighted by atomic mass is 10.0. The highest BCUT2D eigenvalue weighted by Crippen LogP contribution is 2.33. The number of halogens is 1. The van der Waals surface area contributed by atoms with Crippen molar-refractivity contribution in [2.45, 2.75) is 13.5 Å². The van der Waals surface area contributed by atoms with Crippen molar-refractivity contribution in [2.24, 2.45) is 5.73 Å². The van der Waals surface area contributed by atoms with Crippen molar-refractivity contribution >= 4 is 11.6 Å². The Morgan fingerprint density at radius 2 is 2.05 bits per heavy atom. The van der Waals surface area contributed by atoms with Crippen LogP contribution in [0, 0.1) is 6.92 Å². The molecule has 106 valence electrons. The molecule has 0 radical (unpaired) electrons. The van der Waals surface area contributed by atoms with Gasteiger partial charge in [-0.2, -0.15) is 5.10 Å². The number of nitrogens with two attached hydrogens (primary N) is 1. The highest BCUT2D eigenvalue weighted by Gasteiger charge is 2.14. The second kappa shape index (κ2) is 5.68. The SMILES string of the molecule is Cc1n[nH]c(-c2cccc(Cl)c2)c1-c1ccc(CN)nc1. The highest BCUT2D eigenvalue weighted by molar-refractivity contribution is 6.30. The Balaban J connectivity index is 2.12. The van der Waals surface area contributed by atoms with E-state index in [2.05, 4.69) is 15.2 Å². The minimum Gasteiger partial charge on any atom is -0.325 e. The summed E-state index contributed by atoms with van der Waals surface area (Å²) < 4.78 is 0. The molecule has 3 rings (SSSR count). The number of rotatable bonds is 3. The van der Waals surface area contributed by atoms with Crippen LogP contribution in [0.1, 0.15) is 11.4 Å². The van der Waals surface area contributed by atoms with Gasteiger partial charge in [0.05, 0.1) is 17.1 Å². The number of hydrogen-bond donors (Lipinski definition) is 2. The summed E-state index contributed by atoms with van der Waals surface area (Å²) in [5, 5.41) is 8.10. The van der Waals surface area contributed by atoms with Crippen LogP contribution in [0.4, 0.5) is 0 Å². The fourth-order valence-corrected chi connectivity index (χ4v) is 2.52. The first-order chi connectivity index (χ1) is 10.2. The lowest BCUT2D eigenvalue weighted by molar-refractivity contribution is 0.991. The third kappa shape index (κ3) is 2.68. The highest BCUT2D eigenvalue weighted by atomic mass is 35.5. The molecule has 0 aliphatic carbocycles. The zero-order valence-electron chi connectivity index (χ0n) is 11.6. The molecule has 21 heavy (non-hydrogen) atoms. The molecule has 0 saturated heterocycles. The van der Waals surface area contributed by atoms with Gasteiger partial charge in [-0.15, -0.1) is 0 Å². The van der Waals surface area contributed by atoms with Gasteiger partial charge in [-0.25, -0.2) is 0 Å². The largest absolute Gasteiger partial charge is 0.325 e. The molecule has 2 aromatic heterocycles. The molecule has 0 aliphatic rings. The van der Waals surface area contributed by atoms with Crippen LogP contribution in [0.3, 0.4) is 0 Å². The molecule has 0 atom stereocenters. The van der Waals surface area contributed by atoms with Crippen molar-refractivity contribution in [3.63, 3.8) is 0 Å². The molecule has 2 heterocycles. The van der Waals surface area contributed by atoms with E-state index in [-0.39, 0.29) is 0 Å². The van der Waals surface area contributed by atoms with Crippen LogP contribution in [0.15, 0.2) is 42.6 Å². The Labute approximate surface area is 128 Å². The van der Waals surface area contributed by atoms with Crippen LogP contribution in [0.5, 0.6) is 0 Å². The fraction of sp³-hybridized carbons (Fsp3) is 0.125. The summed E-state index contributed by atoms with van der Waals surface area (Å²) in [6.07, 6.45) is 1.83. The third-order valence-corrected chi connectivity index (χ3v) is 3.62. The minimum atomic E-state index is 0.436. The van der Waals surface area contributed by atoms with Gasteiger partial charge in [0, 0.05) is 34.5 Å². The van der Waals surface area contributed by atoms with Crippen molar-refractivity contribution in [3.05, 3.63) is 59.0 Å². The first-order valence-corrected chi connectivity index (χ1v) is 7.03. The van der Waals surface area contributed by atoms with Crippen molar-refractivity contribution in [1.82, 2.24) is 15.2 Å². The van der Waals surface area contributed by atoms with Gasteiger partial charge in [-0.1, -0.05) is 29.8 Å². The Hall–Kier alpha value is -2.17. The van der Waals surface area contributed by atoms with Crippen LogP contribution < -0.4 is 5.73 Å². The van der Waals surface area contributed by atoms with Gasteiger partial charge >= 0.3 is 0 Å². The second-order valence-electron chi connectivity index (χ2n) is 4.81. The summed E-state index contributed by atoms with van der Waals surface area (Å²) in [7, 11) is 0.